The fraction of sp³-hybridized carbons (Fsp3) is 0.433. The Balaban J connectivity index is 1.53. The summed E-state index contributed by atoms with van der Waals surface area (Å²) in [6.07, 6.45) is 0.355. The summed E-state index contributed by atoms with van der Waals surface area (Å²) in [4.78, 5) is 41.9. The molecule has 1 unspecified atom stereocenters. The molecule has 0 saturated carbocycles. The largest absolute Gasteiger partial charge is 0.609 e. The van der Waals surface area contributed by atoms with Crippen molar-refractivity contribution < 1.29 is 28.0 Å². The summed E-state index contributed by atoms with van der Waals surface area (Å²) in [5.74, 6) is -0.348. The molecule has 1 aliphatic rings. The minimum atomic E-state index is -1.62. The van der Waals surface area contributed by atoms with Crippen LogP contribution in [-0.2, 0) is 20.6 Å². The average Bonchev–Trinajstić information content (AvgIpc) is 3.33. The van der Waals surface area contributed by atoms with Crippen LogP contribution in [0.2, 0.25) is 5.02 Å². The van der Waals surface area contributed by atoms with E-state index < -0.39 is 40.4 Å². The number of nitrogens with zero attached hydrogens (tertiary/aromatic N) is 5. The summed E-state index contributed by atoms with van der Waals surface area (Å²) in [6, 6.07) is 6.83. The van der Waals surface area contributed by atoms with Crippen molar-refractivity contribution in [1.29, 1.82) is 0 Å². The van der Waals surface area contributed by atoms with E-state index in [2.05, 4.69) is 20.3 Å². The van der Waals surface area contributed by atoms with Gasteiger partial charge in [-0.3, -0.25) is 5.32 Å². The van der Waals surface area contributed by atoms with Crippen molar-refractivity contribution in [3.8, 4) is 11.1 Å². The van der Waals surface area contributed by atoms with Crippen LogP contribution in [0.5, 0.6) is 0 Å². The van der Waals surface area contributed by atoms with Gasteiger partial charge < -0.3 is 23.8 Å². The Hall–Kier alpha value is -3.46. The number of benzene rings is 2. The molecular formula is C30H34ClFN6O5S2. The zero-order valence-electron chi connectivity index (χ0n) is 26.0. The number of fused-ring (bicyclic) bond motifs is 2. The molecule has 1 fully saturated rings. The molecule has 4 aromatic rings. The van der Waals surface area contributed by atoms with E-state index in [0.29, 0.717) is 53.2 Å². The Bertz CT molecular complexity index is 1780. The number of nitrogens with one attached hydrogen (secondary N) is 1. The van der Waals surface area contributed by atoms with E-state index in [1.54, 1.807) is 49.9 Å². The molecule has 15 heteroatoms. The van der Waals surface area contributed by atoms with Crippen molar-refractivity contribution in [3.63, 3.8) is 0 Å². The number of thiazole rings is 1. The third-order valence-electron chi connectivity index (χ3n) is 6.63. The van der Waals surface area contributed by atoms with E-state index in [-0.39, 0.29) is 26.4 Å². The van der Waals surface area contributed by atoms with Gasteiger partial charge in [0.25, 0.3) is 0 Å². The van der Waals surface area contributed by atoms with Crippen molar-refractivity contribution in [2.75, 3.05) is 42.7 Å². The summed E-state index contributed by atoms with van der Waals surface area (Å²) < 4.78 is 40.7. The van der Waals surface area contributed by atoms with Crippen molar-refractivity contribution >= 4 is 78.4 Å². The molecule has 0 bridgehead atoms. The third kappa shape index (κ3) is 7.35. The number of aromatic nitrogens is 3. The molecule has 240 valence electrons. The third-order valence-corrected chi connectivity index (χ3v) is 8.56. The van der Waals surface area contributed by atoms with E-state index in [1.165, 1.54) is 17.6 Å². The second kappa shape index (κ2) is 12.4. The van der Waals surface area contributed by atoms with Gasteiger partial charge in [0.2, 0.25) is 0 Å². The first-order valence-corrected chi connectivity index (χ1v) is 16.9. The molecule has 0 radical (unpaired) electrons. The molecule has 1 aliphatic heterocycles. The number of anilines is 2. The van der Waals surface area contributed by atoms with Crippen LogP contribution in [-0.4, -0.2) is 80.2 Å². The molecule has 0 aliphatic carbocycles. The van der Waals surface area contributed by atoms with Crippen LogP contribution in [0.25, 0.3) is 32.2 Å². The molecule has 3 heterocycles. The van der Waals surface area contributed by atoms with Gasteiger partial charge in [0.1, 0.15) is 28.8 Å². The Labute approximate surface area is 272 Å². The molecule has 1 N–H and O–H groups in total. The summed E-state index contributed by atoms with van der Waals surface area (Å²) in [7, 11) is 0. The number of amides is 2. The van der Waals surface area contributed by atoms with Crippen LogP contribution in [0, 0.1) is 5.82 Å². The Morgan fingerprint density at radius 3 is 2.31 bits per heavy atom. The molecule has 2 aromatic heterocycles. The summed E-state index contributed by atoms with van der Waals surface area (Å²) >= 11 is 6.38. The number of hydrogen-bond donors (Lipinski definition) is 1. The van der Waals surface area contributed by atoms with Crippen LogP contribution in [0.3, 0.4) is 0 Å². The molecular weight excluding hydrogens is 643 g/mol. The van der Waals surface area contributed by atoms with Crippen LogP contribution < -0.4 is 10.2 Å². The summed E-state index contributed by atoms with van der Waals surface area (Å²) in [5, 5.41) is 3.33. The number of rotatable bonds is 4. The van der Waals surface area contributed by atoms with Crippen molar-refractivity contribution in [2.24, 2.45) is 0 Å². The summed E-state index contributed by atoms with van der Waals surface area (Å²) in [6.45, 7) is 12.2. The fourth-order valence-electron chi connectivity index (χ4n) is 4.80. The van der Waals surface area contributed by atoms with Crippen LogP contribution in [0.1, 0.15) is 41.5 Å². The van der Waals surface area contributed by atoms with Crippen LogP contribution in [0.4, 0.5) is 24.9 Å². The Morgan fingerprint density at radius 2 is 1.69 bits per heavy atom. The fourth-order valence-corrected chi connectivity index (χ4v) is 6.41. The maximum absolute atomic E-state index is 16.6. The Kier molecular flexibility index (Phi) is 9.06. The molecule has 1 atom stereocenters. The molecule has 11 nitrogen and oxygen atoms in total. The number of ether oxygens (including phenoxy) is 2. The number of para-hydroxylation sites is 1. The van der Waals surface area contributed by atoms with Gasteiger partial charge >= 0.3 is 17.3 Å². The molecule has 0 spiro atoms. The highest BCUT2D eigenvalue weighted by Gasteiger charge is 2.30. The van der Waals surface area contributed by atoms with E-state index in [1.807, 2.05) is 25.7 Å². The Morgan fingerprint density at radius 1 is 1.02 bits per heavy atom. The van der Waals surface area contributed by atoms with Crippen LogP contribution >= 0.6 is 22.9 Å². The van der Waals surface area contributed by atoms with E-state index >= 15 is 4.39 Å². The lowest BCUT2D eigenvalue weighted by molar-refractivity contribution is 0.0240. The first-order valence-electron chi connectivity index (χ1n) is 14.2. The zero-order chi connectivity index (χ0) is 32.8. The van der Waals surface area contributed by atoms with Gasteiger partial charge in [-0.15, -0.1) is 0 Å². The number of hydrogen-bond acceptors (Lipinski definition) is 10. The molecule has 2 aromatic carbocycles. The normalized spacial score (nSPS) is 15.0. The van der Waals surface area contributed by atoms with E-state index in [9.17, 15) is 14.1 Å². The predicted molar refractivity (Wildman–Crippen MR) is 175 cm³/mol. The quantitative estimate of drug-likeness (QED) is 0.182. The topological polar surface area (TPSA) is 133 Å². The van der Waals surface area contributed by atoms with Crippen LogP contribution in [0.15, 0.2) is 29.4 Å². The minimum Gasteiger partial charge on any atom is -0.609 e. The zero-order valence-corrected chi connectivity index (χ0v) is 28.4. The lowest BCUT2D eigenvalue weighted by Gasteiger charge is -2.36. The first kappa shape index (κ1) is 32.9. The second-order valence-electron chi connectivity index (χ2n) is 12.5. The molecule has 1 saturated heterocycles. The van der Waals surface area contributed by atoms with Crippen molar-refractivity contribution in [2.45, 2.75) is 57.9 Å². The number of carbonyl (C=O) groups excluding carboxylic acids is 2. The maximum Gasteiger partial charge on any atom is 0.413 e. The van der Waals surface area contributed by atoms with Gasteiger partial charge in [0.15, 0.2) is 10.9 Å². The molecule has 45 heavy (non-hydrogen) atoms. The van der Waals surface area contributed by atoms with Gasteiger partial charge in [-0.25, -0.2) is 19.0 Å². The number of piperazine rings is 1. The van der Waals surface area contributed by atoms with Crippen molar-refractivity contribution in [1.82, 2.24) is 19.9 Å². The van der Waals surface area contributed by atoms with Gasteiger partial charge in [0, 0.05) is 53.9 Å². The van der Waals surface area contributed by atoms with Crippen molar-refractivity contribution in [3.05, 3.63) is 35.1 Å². The number of halogens is 2. The van der Waals surface area contributed by atoms with E-state index in [0.717, 1.165) is 0 Å². The number of carbonyl (C=O) groups is 2. The molecule has 5 rings (SSSR count). The average molecular weight is 677 g/mol. The standard InChI is InChI=1S/C30H34ClFN6O5S2/c1-29(2,3)42-27(39)36-25-33-22-16(9-8-10-19(22)44-25)20-18(31)15-17-23(21(20)32)34-26(45(7)41)35-24(17)37-11-13-38(14-12-37)28(40)43-30(4,5)6/h8-10,15H,11-14H2,1-7H3,(H,33,36,39). The van der Waals surface area contributed by atoms with Gasteiger partial charge in [0.05, 0.1) is 15.2 Å². The lowest BCUT2D eigenvalue weighted by atomic mass is 10.0. The first-order chi connectivity index (χ1) is 21.0. The maximum atomic E-state index is 16.6. The highest BCUT2D eigenvalue weighted by Crippen LogP contribution is 2.42. The van der Waals surface area contributed by atoms with E-state index in [4.69, 9.17) is 21.1 Å². The van der Waals surface area contributed by atoms with Gasteiger partial charge in [-0.1, -0.05) is 35.1 Å². The summed E-state index contributed by atoms with van der Waals surface area (Å²) in [5.41, 5.74) is -0.464. The highest BCUT2D eigenvalue weighted by atomic mass is 35.5. The van der Waals surface area contributed by atoms with Gasteiger partial charge in [-0.2, -0.15) is 9.97 Å². The monoisotopic (exact) mass is 676 g/mol. The molecule has 2 amide bonds. The minimum absolute atomic E-state index is 0.0324. The smallest absolute Gasteiger partial charge is 0.413 e. The van der Waals surface area contributed by atoms with Gasteiger partial charge in [-0.05, 0) is 53.7 Å². The predicted octanol–water partition coefficient (Wildman–Crippen LogP) is 6.84. The highest BCUT2D eigenvalue weighted by molar-refractivity contribution is 7.90. The SMILES string of the molecule is C[S+]([O-])c1nc(N2CCN(C(=O)OC(C)(C)C)CC2)c2cc(Cl)c(-c3cccc4sc(NC(=O)OC(C)(C)C)nc34)c(F)c2n1. The lowest BCUT2D eigenvalue weighted by Crippen LogP contribution is -2.50. The second-order valence-corrected chi connectivity index (χ2v) is 15.2.